The molecule has 0 unspecified atom stereocenters. The van der Waals surface area contributed by atoms with E-state index in [9.17, 15) is 14.0 Å². The molecule has 0 atom stereocenters. The van der Waals surface area contributed by atoms with Crippen molar-refractivity contribution < 1.29 is 23.5 Å². The van der Waals surface area contributed by atoms with Crippen molar-refractivity contribution in [3.8, 4) is 16.3 Å². The van der Waals surface area contributed by atoms with Crippen LogP contribution in [-0.4, -0.2) is 23.5 Å². The minimum absolute atomic E-state index is 0.156. The van der Waals surface area contributed by atoms with Crippen molar-refractivity contribution in [3.63, 3.8) is 0 Å². The van der Waals surface area contributed by atoms with Crippen LogP contribution in [0.5, 0.6) is 5.75 Å². The number of hydrogen-bond donors (Lipinski definition) is 0. The molecule has 0 aliphatic carbocycles. The molecule has 0 radical (unpaired) electrons. The standard InChI is InChI=1S/C19H14FNO4S/c1-2-24-18(22)13-5-9-15(10-6-13)25-19(23)16-11-26-17(21-16)12-3-7-14(20)8-4-12/h3-11H,2H2,1H3. The van der Waals surface area contributed by atoms with Crippen LogP contribution in [0.3, 0.4) is 0 Å². The van der Waals surface area contributed by atoms with Gasteiger partial charge in [-0.2, -0.15) is 0 Å². The molecule has 1 aromatic heterocycles. The van der Waals surface area contributed by atoms with Crippen molar-refractivity contribution in [1.29, 1.82) is 0 Å². The van der Waals surface area contributed by atoms with E-state index in [0.29, 0.717) is 21.9 Å². The van der Waals surface area contributed by atoms with Crippen LogP contribution in [0.4, 0.5) is 4.39 Å². The molecule has 2 aromatic carbocycles. The lowest BCUT2D eigenvalue weighted by atomic mass is 10.2. The van der Waals surface area contributed by atoms with Crippen LogP contribution in [-0.2, 0) is 4.74 Å². The van der Waals surface area contributed by atoms with Gasteiger partial charge in [-0.15, -0.1) is 11.3 Å². The summed E-state index contributed by atoms with van der Waals surface area (Å²) in [4.78, 5) is 28.0. The summed E-state index contributed by atoms with van der Waals surface area (Å²) in [5.74, 6) is -1.09. The lowest BCUT2D eigenvalue weighted by molar-refractivity contribution is 0.0526. The van der Waals surface area contributed by atoms with Gasteiger partial charge in [-0.1, -0.05) is 0 Å². The molecule has 0 fully saturated rings. The van der Waals surface area contributed by atoms with Crippen LogP contribution < -0.4 is 4.74 Å². The first-order valence-corrected chi connectivity index (χ1v) is 8.65. The molecule has 5 nitrogen and oxygen atoms in total. The van der Waals surface area contributed by atoms with Gasteiger partial charge in [0.1, 0.15) is 16.6 Å². The highest BCUT2D eigenvalue weighted by atomic mass is 32.1. The summed E-state index contributed by atoms with van der Waals surface area (Å²) < 4.78 is 23.1. The molecule has 1 heterocycles. The number of benzene rings is 2. The molecule has 0 saturated carbocycles. The van der Waals surface area contributed by atoms with Crippen LogP contribution in [0.2, 0.25) is 0 Å². The van der Waals surface area contributed by atoms with E-state index in [-0.39, 0.29) is 18.1 Å². The van der Waals surface area contributed by atoms with Crippen molar-refractivity contribution in [3.05, 3.63) is 71.0 Å². The molecule has 0 N–H and O–H groups in total. The maximum atomic E-state index is 13.0. The first kappa shape index (κ1) is 17.8. The Morgan fingerprint density at radius 3 is 2.38 bits per heavy atom. The summed E-state index contributed by atoms with van der Waals surface area (Å²) in [7, 11) is 0. The van der Waals surface area contributed by atoms with Gasteiger partial charge in [-0.3, -0.25) is 0 Å². The third-order valence-electron chi connectivity index (χ3n) is 3.38. The highest BCUT2D eigenvalue weighted by molar-refractivity contribution is 7.13. The fourth-order valence-corrected chi connectivity index (χ4v) is 2.92. The third kappa shape index (κ3) is 4.12. The normalized spacial score (nSPS) is 10.4. The lowest BCUT2D eigenvalue weighted by Gasteiger charge is -2.04. The minimum Gasteiger partial charge on any atom is -0.462 e. The van der Waals surface area contributed by atoms with E-state index in [1.54, 1.807) is 24.4 Å². The Morgan fingerprint density at radius 2 is 1.73 bits per heavy atom. The third-order valence-corrected chi connectivity index (χ3v) is 4.27. The van der Waals surface area contributed by atoms with Crippen molar-refractivity contribution >= 4 is 23.3 Å². The maximum Gasteiger partial charge on any atom is 0.363 e. The molecule has 26 heavy (non-hydrogen) atoms. The van der Waals surface area contributed by atoms with Crippen molar-refractivity contribution in [2.24, 2.45) is 0 Å². The molecule has 0 aliphatic heterocycles. The summed E-state index contributed by atoms with van der Waals surface area (Å²) in [6, 6.07) is 11.9. The number of carbonyl (C=O) groups is 2. The maximum absolute atomic E-state index is 13.0. The molecule has 7 heteroatoms. The first-order chi connectivity index (χ1) is 12.6. The SMILES string of the molecule is CCOC(=O)c1ccc(OC(=O)c2csc(-c3ccc(F)cc3)n2)cc1. The predicted molar refractivity (Wildman–Crippen MR) is 94.9 cm³/mol. The van der Waals surface area contributed by atoms with Crippen LogP contribution in [0.25, 0.3) is 10.6 Å². The first-order valence-electron chi connectivity index (χ1n) is 7.77. The Balaban J connectivity index is 1.68. The smallest absolute Gasteiger partial charge is 0.363 e. The molecule has 0 aliphatic rings. The number of nitrogens with zero attached hydrogens (tertiary/aromatic N) is 1. The van der Waals surface area contributed by atoms with E-state index in [0.717, 1.165) is 0 Å². The van der Waals surface area contributed by atoms with E-state index >= 15 is 0 Å². The number of ether oxygens (including phenoxy) is 2. The molecular formula is C19H14FNO4S. The second-order valence-electron chi connectivity index (χ2n) is 5.18. The molecule has 3 aromatic rings. The molecule has 0 amide bonds. The van der Waals surface area contributed by atoms with Crippen LogP contribution >= 0.6 is 11.3 Å². The number of thiazole rings is 1. The highest BCUT2D eigenvalue weighted by Crippen LogP contribution is 2.24. The Bertz CT molecular complexity index is 919. The topological polar surface area (TPSA) is 65.5 Å². The van der Waals surface area contributed by atoms with Crippen molar-refractivity contribution in [2.75, 3.05) is 6.61 Å². The molecule has 0 spiro atoms. The van der Waals surface area contributed by atoms with Gasteiger partial charge in [0.25, 0.3) is 0 Å². The van der Waals surface area contributed by atoms with Gasteiger partial charge in [0, 0.05) is 10.9 Å². The highest BCUT2D eigenvalue weighted by Gasteiger charge is 2.15. The number of carbonyl (C=O) groups excluding carboxylic acids is 2. The lowest BCUT2D eigenvalue weighted by Crippen LogP contribution is -2.09. The Hall–Kier alpha value is -3.06. The van der Waals surface area contributed by atoms with Crippen LogP contribution in [0, 0.1) is 5.82 Å². The number of hydrogen-bond acceptors (Lipinski definition) is 6. The zero-order valence-corrected chi connectivity index (χ0v) is 14.6. The van der Waals surface area contributed by atoms with Gasteiger partial charge < -0.3 is 9.47 Å². The number of aromatic nitrogens is 1. The Labute approximate surface area is 153 Å². The molecule has 3 rings (SSSR count). The van der Waals surface area contributed by atoms with Gasteiger partial charge in [0.05, 0.1) is 12.2 Å². The van der Waals surface area contributed by atoms with E-state index in [1.165, 1.54) is 47.7 Å². The van der Waals surface area contributed by atoms with Gasteiger partial charge in [0.15, 0.2) is 5.69 Å². The minimum atomic E-state index is -0.613. The van der Waals surface area contributed by atoms with E-state index in [1.807, 2.05) is 0 Å². The average Bonchev–Trinajstić information content (AvgIpc) is 3.13. The predicted octanol–water partition coefficient (Wildman–Crippen LogP) is 4.35. The molecule has 132 valence electrons. The van der Waals surface area contributed by atoms with Gasteiger partial charge >= 0.3 is 11.9 Å². The van der Waals surface area contributed by atoms with Gasteiger partial charge in [0.2, 0.25) is 0 Å². The van der Waals surface area contributed by atoms with Crippen LogP contribution in [0.1, 0.15) is 27.8 Å². The quantitative estimate of drug-likeness (QED) is 0.493. The van der Waals surface area contributed by atoms with E-state index < -0.39 is 11.9 Å². The second kappa shape index (κ2) is 7.88. The Kier molecular flexibility index (Phi) is 5.38. The van der Waals surface area contributed by atoms with Gasteiger partial charge in [-0.25, -0.2) is 19.0 Å². The van der Waals surface area contributed by atoms with E-state index in [4.69, 9.17) is 9.47 Å². The summed E-state index contributed by atoms with van der Waals surface area (Å²) in [6.45, 7) is 2.01. The van der Waals surface area contributed by atoms with Gasteiger partial charge in [-0.05, 0) is 55.5 Å². The number of esters is 2. The van der Waals surface area contributed by atoms with E-state index in [2.05, 4.69) is 4.98 Å². The van der Waals surface area contributed by atoms with Crippen molar-refractivity contribution in [1.82, 2.24) is 4.98 Å². The summed E-state index contributed by atoms with van der Waals surface area (Å²) in [5, 5.41) is 2.17. The molecule has 0 bridgehead atoms. The monoisotopic (exact) mass is 371 g/mol. The summed E-state index contributed by atoms with van der Waals surface area (Å²) >= 11 is 1.26. The Morgan fingerprint density at radius 1 is 1.04 bits per heavy atom. The zero-order valence-electron chi connectivity index (χ0n) is 13.8. The number of halogens is 1. The molecule has 0 saturated heterocycles. The average molecular weight is 371 g/mol. The fraction of sp³-hybridized carbons (Fsp3) is 0.105. The molecular weight excluding hydrogens is 357 g/mol. The van der Waals surface area contributed by atoms with Crippen molar-refractivity contribution in [2.45, 2.75) is 6.92 Å². The summed E-state index contributed by atoms with van der Waals surface area (Å²) in [6.07, 6.45) is 0. The fourth-order valence-electron chi connectivity index (χ4n) is 2.13. The zero-order chi connectivity index (χ0) is 18.5. The summed E-state index contributed by atoms with van der Waals surface area (Å²) in [5.41, 5.74) is 1.25. The number of rotatable bonds is 5. The second-order valence-corrected chi connectivity index (χ2v) is 6.04. The van der Waals surface area contributed by atoms with Crippen LogP contribution in [0.15, 0.2) is 53.9 Å². The largest absolute Gasteiger partial charge is 0.462 e.